The fourth-order valence-corrected chi connectivity index (χ4v) is 3.55. The molecule has 5 atom stereocenters. The van der Waals surface area contributed by atoms with Crippen LogP contribution < -0.4 is 0 Å². The monoisotopic (exact) mass is 354 g/mol. The Balaban J connectivity index is 2.08. The van der Waals surface area contributed by atoms with E-state index in [1.54, 1.807) is 18.2 Å². The minimum absolute atomic E-state index is 0.0855. The van der Waals surface area contributed by atoms with Gasteiger partial charge < -0.3 is 4.74 Å². The SMILES string of the molecule is C=C[C@@H]1C[C@@]2(C)C(=CC1=O)C=C[C@H](OC(=O)/C=C/C=C/[C@@H](C)CC)[C@@H]2C. The second-order valence-corrected chi connectivity index (χ2v) is 7.64. The molecular weight excluding hydrogens is 324 g/mol. The highest BCUT2D eigenvalue weighted by Crippen LogP contribution is 2.49. The van der Waals surface area contributed by atoms with Crippen LogP contribution in [0, 0.1) is 23.2 Å². The molecule has 0 aromatic carbocycles. The minimum Gasteiger partial charge on any atom is -0.455 e. The van der Waals surface area contributed by atoms with Crippen molar-refractivity contribution in [2.75, 3.05) is 0 Å². The van der Waals surface area contributed by atoms with E-state index in [0.29, 0.717) is 12.3 Å². The number of allylic oxidation sites excluding steroid dienone is 7. The van der Waals surface area contributed by atoms with E-state index in [0.717, 1.165) is 12.0 Å². The van der Waals surface area contributed by atoms with Gasteiger partial charge in [0.05, 0.1) is 0 Å². The normalized spacial score (nSPS) is 32.4. The Bertz CT molecular complexity index is 680. The maximum absolute atomic E-state index is 12.1. The molecule has 0 amide bonds. The van der Waals surface area contributed by atoms with Crippen LogP contribution in [0.3, 0.4) is 0 Å². The van der Waals surface area contributed by atoms with E-state index in [4.69, 9.17) is 4.74 Å². The third-order valence-corrected chi connectivity index (χ3v) is 5.89. The molecule has 0 fully saturated rings. The van der Waals surface area contributed by atoms with Crippen molar-refractivity contribution in [1.82, 2.24) is 0 Å². The Morgan fingerprint density at radius 2 is 2.19 bits per heavy atom. The van der Waals surface area contributed by atoms with Crippen molar-refractivity contribution in [3.8, 4) is 0 Å². The predicted octanol–water partition coefficient (Wildman–Crippen LogP) is 4.97. The number of hydrogen-bond acceptors (Lipinski definition) is 3. The lowest BCUT2D eigenvalue weighted by Gasteiger charge is -2.46. The molecule has 0 aliphatic heterocycles. The minimum atomic E-state index is -0.344. The molecule has 26 heavy (non-hydrogen) atoms. The van der Waals surface area contributed by atoms with Crippen LogP contribution in [0.25, 0.3) is 0 Å². The van der Waals surface area contributed by atoms with Gasteiger partial charge in [-0.3, -0.25) is 4.79 Å². The van der Waals surface area contributed by atoms with Gasteiger partial charge >= 0.3 is 5.97 Å². The highest BCUT2D eigenvalue weighted by Gasteiger charge is 2.46. The second kappa shape index (κ2) is 8.48. The Kier molecular flexibility index (Phi) is 6.57. The third-order valence-electron chi connectivity index (χ3n) is 5.89. The lowest BCUT2D eigenvalue weighted by atomic mass is 9.59. The van der Waals surface area contributed by atoms with Gasteiger partial charge in [0.25, 0.3) is 0 Å². The quantitative estimate of drug-likeness (QED) is 0.293. The van der Waals surface area contributed by atoms with Crippen LogP contribution in [0.5, 0.6) is 0 Å². The largest absolute Gasteiger partial charge is 0.455 e. The Morgan fingerprint density at radius 1 is 1.46 bits per heavy atom. The molecule has 0 heterocycles. The lowest BCUT2D eigenvalue weighted by molar-refractivity contribution is -0.145. The van der Waals surface area contributed by atoms with E-state index in [1.807, 2.05) is 18.2 Å². The smallest absolute Gasteiger partial charge is 0.331 e. The number of ketones is 1. The summed E-state index contributed by atoms with van der Waals surface area (Å²) in [5.74, 6) is 0.176. The predicted molar refractivity (Wildman–Crippen MR) is 105 cm³/mol. The molecule has 0 aromatic rings. The zero-order valence-electron chi connectivity index (χ0n) is 16.3. The van der Waals surface area contributed by atoms with Gasteiger partial charge in [-0.2, -0.15) is 0 Å². The van der Waals surface area contributed by atoms with Crippen LogP contribution in [-0.2, 0) is 14.3 Å². The fraction of sp³-hybridized carbons (Fsp3) is 0.478. The van der Waals surface area contributed by atoms with Crippen LogP contribution in [-0.4, -0.2) is 17.9 Å². The maximum atomic E-state index is 12.1. The molecule has 3 heteroatoms. The summed E-state index contributed by atoms with van der Waals surface area (Å²) in [6.45, 7) is 12.3. The van der Waals surface area contributed by atoms with E-state index >= 15 is 0 Å². The average Bonchev–Trinajstić information content (AvgIpc) is 2.62. The summed E-state index contributed by atoms with van der Waals surface area (Å²) in [6, 6.07) is 0. The molecule has 0 N–H and O–H groups in total. The highest BCUT2D eigenvalue weighted by atomic mass is 16.5. The van der Waals surface area contributed by atoms with Crippen molar-refractivity contribution in [2.45, 2.75) is 46.6 Å². The van der Waals surface area contributed by atoms with Gasteiger partial charge in [0.2, 0.25) is 0 Å². The Morgan fingerprint density at radius 3 is 2.85 bits per heavy atom. The van der Waals surface area contributed by atoms with Crippen molar-refractivity contribution < 1.29 is 14.3 Å². The maximum Gasteiger partial charge on any atom is 0.331 e. The number of rotatable bonds is 6. The first-order chi connectivity index (χ1) is 12.3. The number of hydrogen-bond donors (Lipinski definition) is 0. The molecule has 3 nitrogen and oxygen atoms in total. The summed E-state index contributed by atoms with van der Waals surface area (Å²) in [5.41, 5.74) is 0.819. The van der Waals surface area contributed by atoms with Crippen LogP contribution in [0.4, 0.5) is 0 Å². The van der Waals surface area contributed by atoms with Crippen molar-refractivity contribution >= 4 is 11.8 Å². The average molecular weight is 354 g/mol. The molecule has 0 radical (unpaired) electrons. The van der Waals surface area contributed by atoms with Gasteiger partial charge in [-0.1, -0.05) is 64.5 Å². The lowest BCUT2D eigenvalue weighted by Crippen LogP contribution is -2.43. The van der Waals surface area contributed by atoms with Gasteiger partial charge in [0, 0.05) is 17.9 Å². The van der Waals surface area contributed by atoms with Crippen molar-refractivity contribution in [1.29, 1.82) is 0 Å². The summed E-state index contributed by atoms with van der Waals surface area (Å²) in [5, 5.41) is 0. The van der Waals surface area contributed by atoms with E-state index in [2.05, 4.69) is 40.3 Å². The standard InChI is InChI=1S/C23H30O3/c1-6-16(3)10-8-9-11-22(25)26-21-13-12-19-14-20(24)18(7-2)15-23(19,5)17(21)4/h7-14,16-18,21H,2,6,15H2,1,3-5H3/b10-8+,11-9+/t16-,17-,18+,21-,23+/m0/s1. The molecule has 0 saturated heterocycles. The van der Waals surface area contributed by atoms with E-state index < -0.39 is 0 Å². The van der Waals surface area contributed by atoms with Gasteiger partial charge in [0.15, 0.2) is 5.78 Å². The van der Waals surface area contributed by atoms with E-state index in [1.165, 1.54) is 6.08 Å². The number of carbonyl (C=O) groups is 2. The molecule has 0 bridgehead atoms. The van der Waals surface area contributed by atoms with E-state index in [-0.39, 0.29) is 35.1 Å². The first-order valence-electron chi connectivity index (χ1n) is 9.44. The topological polar surface area (TPSA) is 43.4 Å². The molecule has 0 aromatic heterocycles. The van der Waals surface area contributed by atoms with Crippen LogP contribution in [0.15, 0.2) is 60.8 Å². The zero-order valence-corrected chi connectivity index (χ0v) is 16.3. The van der Waals surface area contributed by atoms with Crippen molar-refractivity contribution in [3.63, 3.8) is 0 Å². The third kappa shape index (κ3) is 4.32. The van der Waals surface area contributed by atoms with Crippen LogP contribution >= 0.6 is 0 Å². The van der Waals surface area contributed by atoms with Gasteiger partial charge in [0.1, 0.15) is 6.10 Å². The molecule has 0 unspecified atom stereocenters. The zero-order chi connectivity index (χ0) is 19.3. The first kappa shape index (κ1) is 20.2. The number of esters is 1. The molecule has 2 rings (SSSR count). The Labute approximate surface area is 157 Å². The number of fused-ring (bicyclic) bond motifs is 1. The summed E-state index contributed by atoms with van der Waals surface area (Å²) >= 11 is 0. The van der Waals surface area contributed by atoms with Gasteiger partial charge in [-0.05, 0) is 35.5 Å². The van der Waals surface area contributed by atoms with Crippen molar-refractivity contribution in [2.24, 2.45) is 23.2 Å². The molecule has 140 valence electrons. The molecule has 0 spiro atoms. The molecular formula is C23H30O3. The Hall–Kier alpha value is -2.16. The second-order valence-electron chi connectivity index (χ2n) is 7.64. The van der Waals surface area contributed by atoms with E-state index in [9.17, 15) is 9.59 Å². The first-order valence-corrected chi connectivity index (χ1v) is 9.44. The van der Waals surface area contributed by atoms with Crippen LogP contribution in [0.2, 0.25) is 0 Å². The van der Waals surface area contributed by atoms with Crippen LogP contribution in [0.1, 0.15) is 40.5 Å². The summed E-state index contributed by atoms with van der Waals surface area (Å²) in [7, 11) is 0. The van der Waals surface area contributed by atoms with Gasteiger partial charge in [-0.15, -0.1) is 6.58 Å². The summed E-state index contributed by atoms with van der Waals surface area (Å²) in [6.07, 6.45) is 15.9. The molecule has 2 aliphatic carbocycles. The fourth-order valence-electron chi connectivity index (χ4n) is 3.55. The number of ether oxygens (including phenoxy) is 1. The molecule has 0 saturated carbocycles. The number of carbonyl (C=O) groups excluding carboxylic acids is 2. The summed E-state index contributed by atoms with van der Waals surface area (Å²) < 4.78 is 5.66. The summed E-state index contributed by atoms with van der Waals surface area (Å²) in [4.78, 5) is 24.3. The highest BCUT2D eigenvalue weighted by molar-refractivity contribution is 5.95. The van der Waals surface area contributed by atoms with Gasteiger partial charge in [-0.25, -0.2) is 4.79 Å². The van der Waals surface area contributed by atoms with Crippen molar-refractivity contribution in [3.05, 3.63) is 60.8 Å². The molecule has 2 aliphatic rings.